The third-order valence-corrected chi connectivity index (χ3v) is 5.43. The zero-order chi connectivity index (χ0) is 17.3. The lowest BCUT2D eigenvalue weighted by Crippen LogP contribution is -2.61. The molecule has 1 aliphatic carbocycles. The van der Waals surface area contributed by atoms with Gasteiger partial charge in [-0.25, -0.2) is 0 Å². The number of rotatable bonds is 4. The van der Waals surface area contributed by atoms with Crippen molar-refractivity contribution in [1.82, 2.24) is 15.1 Å². The van der Waals surface area contributed by atoms with Crippen LogP contribution in [0, 0.1) is 5.41 Å². The van der Waals surface area contributed by atoms with Gasteiger partial charge in [0.15, 0.2) is 0 Å². The third kappa shape index (κ3) is 3.25. The molecule has 25 heavy (non-hydrogen) atoms. The molecule has 2 fully saturated rings. The summed E-state index contributed by atoms with van der Waals surface area (Å²) in [5.74, 6) is 0.559. The van der Waals surface area contributed by atoms with Crippen molar-refractivity contribution in [3.8, 4) is 11.5 Å². The van der Waals surface area contributed by atoms with Gasteiger partial charge < -0.3 is 14.6 Å². The van der Waals surface area contributed by atoms with Crippen LogP contribution in [0.5, 0.6) is 0 Å². The highest BCUT2D eigenvalue weighted by molar-refractivity contribution is 5.84. The van der Waals surface area contributed by atoms with E-state index >= 15 is 0 Å². The molecule has 0 radical (unpaired) electrons. The molecule has 6 heteroatoms. The second-order valence-electron chi connectivity index (χ2n) is 7.40. The first-order valence-electron chi connectivity index (χ1n) is 9.10. The summed E-state index contributed by atoms with van der Waals surface area (Å²) in [6, 6.07) is 9.52. The highest BCUT2D eigenvalue weighted by Crippen LogP contribution is 2.43. The van der Waals surface area contributed by atoms with Crippen molar-refractivity contribution >= 4 is 11.9 Å². The van der Waals surface area contributed by atoms with Crippen LogP contribution in [-0.2, 0) is 4.79 Å². The van der Waals surface area contributed by atoms with Gasteiger partial charge in [0.2, 0.25) is 11.8 Å². The molecule has 1 saturated carbocycles. The number of carbonyl (C=O) groups excluding carboxylic acids is 1. The van der Waals surface area contributed by atoms with Crippen molar-refractivity contribution in [3.05, 3.63) is 30.3 Å². The second kappa shape index (κ2) is 6.50. The Hall–Kier alpha value is -2.37. The van der Waals surface area contributed by atoms with E-state index < -0.39 is 0 Å². The van der Waals surface area contributed by atoms with Crippen LogP contribution in [0.2, 0.25) is 0 Å². The number of hydrogen-bond acceptors (Lipinski definition) is 5. The molecule has 1 aromatic carbocycles. The van der Waals surface area contributed by atoms with Gasteiger partial charge in [0.1, 0.15) is 6.04 Å². The molecule has 0 bridgehead atoms. The third-order valence-electron chi connectivity index (χ3n) is 5.43. The first kappa shape index (κ1) is 16.1. The maximum absolute atomic E-state index is 12.6. The van der Waals surface area contributed by atoms with E-state index in [0.29, 0.717) is 11.3 Å². The van der Waals surface area contributed by atoms with Crippen molar-refractivity contribution in [2.75, 3.05) is 18.4 Å². The van der Waals surface area contributed by atoms with E-state index in [9.17, 15) is 4.79 Å². The molecule has 2 heterocycles. The molecule has 132 valence electrons. The van der Waals surface area contributed by atoms with Gasteiger partial charge in [-0.1, -0.05) is 42.6 Å². The molecule has 1 aliphatic heterocycles. The van der Waals surface area contributed by atoms with Gasteiger partial charge in [-0.3, -0.25) is 4.79 Å². The van der Waals surface area contributed by atoms with Crippen molar-refractivity contribution in [3.63, 3.8) is 0 Å². The average Bonchev–Trinajstić information content (AvgIpc) is 3.09. The zero-order valence-electron chi connectivity index (χ0n) is 14.6. The monoisotopic (exact) mass is 340 g/mol. The van der Waals surface area contributed by atoms with Gasteiger partial charge in [-0.15, -0.1) is 5.10 Å². The fourth-order valence-corrected chi connectivity index (χ4v) is 4.04. The van der Waals surface area contributed by atoms with Crippen LogP contribution in [0.1, 0.15) is 39.0 Å². The SMILES string of the molecule is C[C@H](Nc1nnc(-c2ccccc2)o1)C(=O)N1CC2(CCCCC2)C1. The van der Waals surface area contributed by atoms with Crippen LogP contribution in [-0.4, -0.2) is 40.1 Å². The van der Waals surface area contributed by atoms with E-state index in [4.69, 9.17) is 4.42 Å². The smallest absolute Gasteiger partial charge is 0.316 e. The number of hydrogen-bond donors (Lipinski definition) is 1. The van der Waals surface area contributed by atoms with Gasteiger partial charge in [0, 0.05) is 24.1 Å². The predicted molar refractivity (Wildman–Crippen MR) is 94.9 cm³/mol. The molecule has 1 atom stereocenters. The molecule has 2 aromatic rings. The van der Waals surface area contributed by atoms with Crippen LogP contribution in [0.4, 0.5) is 6.01 Å². The fourth-order valence-electron chi connectivity index (χ4n) is 4.04. The maximum atomic E-state index is 12.6. The van der Waals surface area contributed by atoms with Crippen LogP contribution >= 0.6 is 0 Å². The molecule has 1 saturated heterocycles. The Balaban J connectivity index is 1.34. The summed E-state index contributed by atoms with van der Waals surface area (Å²) in [4.78, 5) is 14.6. The number of anilines is 1. The van der Waals surface area contributed by atoms with Crippen LogP contribution in [0.3, 0.4) is 0 Å². The average molecular weight is 340 g/mol. The van der Waals surface area contributed by atoms with Crippen LogP contribution < -0.4 is 5.32 Å². The molecule has 1 N–H and O–H groups in total. The van der Waals surface area contributed by atoms with Gasteiger partial charge in [-0.2, -0.15) is 0 Å². The summed E-state index contributed by atoms with van der Waals surface area (Å²) >= 11 is 0. The predicted octanol–water partition coefficient (Wildman–Crippen LogP) is 3.33. The molecular weight excluding hydrogens is 316 g/mol. The van der Waals surface area contributed by atoms with Gasteiger partial charge in [-0.05, 0) is 31.9 Å². The number of carbonyl (C=O) groups is 1. The standard InChI is InChI=1S/C19H24N4O2/c1-14(17(24)23-12-19(13-23)10-6-3-7-11-19)20-18-22-21-16(25-18)15-8-4-2-5-9-15/h2,4-5,8-9,14H,3,6-7,10-13H2,1H3,(H,20,22)/t14-/m0/s1. The first-order chi connectivity index (χ1) is 12.2. The summed E-state index contributed by atoms with van der Waals surface area (Å²) < 4.78 is 5.63. The zero-order valence-corrected chi connectivity index (χ0v) is 14.6. The second-order valence-corrected chi connectivity index (χ2v) is 7.40. The topological polar surface area (TPSA) is 71.3 Å². The van der Waals surface area contributed by atoms with Crippen LogP contribution in [0.25, 0.3) is 11.5 Å². The van der Waals surface area contributed by atoms with Gasteiger partial charge >= 0.3 is 6.01 Å². The number of nitrogens with one attached hydrogen (secondary N) is 1. The first-order valence-corrected chi connectivity index (χ1v) is 9.10. The molecule has 1 spiro atoms. The Bertz CT molecular complexity index is 729. The molecular formula is C19H24N4O2. The summed E-state index contributed by atoms with van der Waals surface area (Å²) in [6.45, 7) is 3.65. The summed E-state index contributed by atoms with van der Waals surface area (Å²) in [7, 11) is 0. The summed E-state index contributed by atoms with van der Waals surface area (Å²) in [5, 5.41) is 11.1. The lowest BCUT2D eigenvalue weighted by molar-refractivity contribution is -0.146. The number of aromatic nitrogens is 2. The number of nitrogens with zero attached hydrogens (tertiary/aromatic N) is 3. The number of likely N-dealkylation sites (tertiary alicyclic amines) is 1. The highest BCUT2D eigenvalue weighted by atomic mass is 16.4. The van der Waals surface area contributed by atoms with E-state index in [2.05, 4.69) is 15.5 Å². The van der Waals surface area contributed by atoms with E-state index in [0.717, 1.165) is 18.7 Å². The molecule has 0 unspecified atom stereocenters. The Kier molecular flexibility index (Phi) is 4.19. The van der Waals surface area contributed by atoms with E-state index in [1.165, 1.54) is 32.1 Å². The minimum Gasteiger partial charge on any atom is -0.403 e. The van der Waals surface area contributed by atoms with Crippen molar-refractivity contribution in [1.29, 1.82) is 0 Å². The number of benzene rings is 1. The Morgan fingerprint density at radius 2 is 1.88 bits per heavy atom. The molecule has 6 nitrogen and oxygen atoms in total. The van der Waals surface area contributed by atoms with Crippen molar-refractivity contribution in [2.45, 2.75) is 45.1 Å². The largest absolute Gasteiger partial charge is 0.403 e. The summed E-state index contributed by atoms with van der Waals surface area (Å²) in [6.07, 6.45) is 6.49. The molecule has 1 aromatic heterocycles. The molecule has 1 amide bonds. The van der Waals surface area contributed by atoms with E-state index in [1.54, 1.807) is 0 Å². The lowest BCUT2D eigenvalue weighted by Gasteiger charge is -2.53. The van der Waals surface area contributed by atoms with E-state index in [-0.39, 0.29) is 18.0 Å². The van der Waals surface area contributed by atoms with Gasteiger partial charge in [0.05, 0.1) is 0 Å². The minimum atomic E-state index is -0.370. The maximum Gasteiger partial charge on any atom is 0.316 e. The van der Waals surface area contributed by atoms with Crippen LogP contribution in [0.15, 0.2) is 34.7 Å². The fraction of sp³-hybridized carbons (Fsp3) is 0.526. The quantitative estimate of drug-likeness (QED) is 0.924. The summed E-state index contributed by atoms with van der Waals surface area (Å²) in [5.41, 5.74) is 1.27. The number of amides is 1. The molecule has 2 aliphatic rings. The normalized spacial score (nSPS) is 20.1. The highest BCUT2D eigenvalue weighted by Gasteiger charge is 2.46. The Morgan fingerprint density at radius 3 is 2.60 bits per heavy atom. The lowest BCUT2D eigenvalue weighted by atomic mass is 9.68. The van der Waals surface area contributed by atoms with Gasteiger partial charge in [0.25, 0.3) is 0 Å². The Morgan fingerprint density at radius 1 is 1.16 bits per heavy atom. The molecule has 4 rings (SSSR count). The van der Waals surface area contributed by atoms with Crippen molar-refractivity contribution in [2.24, 2.45) is 5.41 Å². The van der Waals surface area contributed by atoms with E-state index in [1.807, 2.05) is 42.2 Å². The van der Waals surface area contributed by atoms with Crippen molar-refractivity contribution < 1.29 is 9.21 Å². The minimum absolute atomic E-state index is 0.107. The Labute approximate surface area is 147 Å².